The summed E-state index contributed by atoms with van der Waals surface area (Å²) in [5, 5.41) is 13.9. The number of phosphoric ester groups is 1. The normalized spacial score (nSPS) is 14.4. The molecule has 0 aliphatic heterocycles. The number of aliphatic hydroxyl groups excluding tert-OH is 1. The van der Waals surface area contributed by atoms with Crippen LogP contribution in [0.5, 0.6) is 0 Å². The third-order valence-corrected chi connectivity index (χ3v) is 11.3. The summed E-state index contributed by atoms with van der Waals surface area (Å²) < 4.78 is 23.2. The number of likely N-dealkylation sites (N-methyl/N-ethyl adjacent to an activating group) is 1. The molecule has 0 aromatic heterocycles. The van der Waals surface area contributed by atoms with Gasteiger partial charge in [-0.25, -0.2) is 0 Å². The van der Waals surface area contributed by atoms with Crippen molar-refractivity contribution in [3.63, 3.8) is 0 Å². The van der Waals surface area contributed by atoms with Crippen LogP contribution < -0.4 is 10.2 Å². The number of amides is 1. The summed E-state index contributed by atoms with van der Waals surface area (Å²) in [5.41, 5.74) is 0. The van der Waals surface area contributed by atoms with Crippen molar-refractivity contribution in [1.29, 1.82) is 0 Å². The standard InChI is InChI=1S/C43H89N2O6P/c1-6-8-10-12-14-16-18-19-20-21-22-23-24-25-27-29-31-33-35-37-43(47)44-41(40-51-52(48,49)50-39-38-45(3,4)5)42(46)36-34-32-30-28-26-17-15-13-11-9-7-2/h41-42,46H,6-40H2,1-5H3,(H-,44,47,48,49). The van der Waals surface area contributed by atoms with E-state index in [-0.39, 0.29) is 19.1 Å². The molecule has 0 saturated heterocycles. The Morgan fingerprint density at radius 2 is 0.942 bits per heavy atom. The van der Waals surface area contributed by atoms with E-state index in [1.165, 1.54) is 154 Å². The Morgan fingerprint density at radius 3 is 1.31 bits per heavy atom. The Kier molecular flexibility index (Phi) is 35.8. The van der Waals surface area contributed by atoms with Crippen LogP contribution in [0, 0.1) is 0 Å². The van der Waals surface area contributed by atoms with E-state index in [9.17, 15) is 19.4 Å². The van der Waals surface area contributed by atoms with Crippen molar-refractivity contribution in [2.24, 2.45) is 0 Å². The number of hydrogen-bond donors (Lipinski definition) is 2. The summed E-state index contributed by atoms with van der Waals surface area (Å²) in [6, 6.07) is -0.791. The van der Waals surface area contributed by atoms with E-state index < -0.39 is 20.0 Å². The second-order valence-corrected chi connectivity index (χ2v) is 18.2. The molecule has 0 bridgehead atoms. The number of quaternary nitrogens is 1. The van der Waals surface area contributed by atoms with Gasteiger partial charge < -0.3 is 28.8 Å². The molecule has 1 amide bonds. The van der Waals surface area contributed by atoms with Gasteiger partial charge >= 0.3 is 0 Å². The third-order valence-electron chi connectivity index (χ3n) is 10.3. The van der Waals surface area contributed by atoms with Crippen LogP contribution in [0.4, 0.5) is 0 Å². The number of carbonyl (C=O) groups is 1. The molecule has 0 aliphatic rings. The fourth-order valence-corrected chi connectivity index (χ4v) is 7.47. The average molecular weight is 761 g/mol. The molecule has 8 nitrogen and oxygen atoms in total. The first-order valence-corrected chi connectivity index (χ1v) is 23.8. The fourth-order valence-electron chi connectivity index (χ4n) is 6.75. The lowest BCUT2D eigenvalue weighted by atomic mass is 10.0. The quantitative estimate of drug-likeness (QED) is 0.0365. The molecule has 0 radical (unpaired) electrons. The van der Waals surface area contributed by atoms with Crippen LogP contribution in [0.1, 0.15) is 219 Å². The van der Waals surface area contributed by atoms with E-state index in [0.717, 1.165) is 38.5 Å². The van der Waals surface area contributed by atoms with Crippen LogP contribution in [-0.4, -0.2) is 68.5 Å². The maximum atomic E-state index is 12.8. The first-order valence-electron chi connectivity index (χ1n) is 22.4. The number of nitrogens with zero attached hydrogens (tertiary/aromatic N) is 1. The fraction of sp³-hybridized carbons (Fsp3) is 0.977. The number of rotatable bonds is 41. The van der Waals surface area contributed by atoms with Crippen LogP contribution in [0.15, 0.2) is 0 Å². The number of nitrogens with one attached hydrogen (secondary N) is 1. The highest BCUT2D eigenvalue weighted by Gasteiger charge is 2.24. The number of aliphatic hydroxyl groups is 1. The number of carbonyl (C=O) groups excluding carboxylic acids is 1. The van der Waals surface area contributed by atoms with Crippen molar-refractivity contribution in [3.05, 3.63) is 0 Å². The first kappa shape index (κ1) is 51.5. The lowest BCUT2D eigenvalue weighted by molar-refractivity contribution is -0.870. The topological polar surface area (TPSA) is 108 Å². The molecule has 3 atom stereocenters. The van der Waals surface area contributed by atoms with Crippen molar-refractivity contribution in [2.75, 3.05) is 40.9 Å². The van der Waals surface area contributed by atoms with Gasteiger partial charge in [0.1, 0.15) is 13.2 Å². The van der Waals surface area contributed by atoms with Gasteiger partial charge in [-0.05, 0) is 12.8 Å². The van der Waals surface area contributed by atoms with E-state index in [0.29, 0.717) is 23.9 Å². The van der Waals surface area contributed by atoms with Gasteiger partial charge in [-0.1, -0.05) is 200 Å². The van der Waals surface area contributed by atoms with Gasteiger partial charge in [-0.3, -0.25) is 9.36 Å². The SMILES string of the molecule is CCCCCCCCCCCCCCCCCCCCCC(=O)NC(COP(=O)([O-])OCC[N+](C)(C)C)C(O)CCCCCCCCCCCCC. The largest absolute Gasteiger partial charge is 0.756 e. The molecule has 0 heterocycles. The summed E-state index contributed by atoms with van der Waals surface area (Å²) in [7, 11) is 1.32. The van der Waals surface area contributed by atoms with E-state index in [4.69, 9.17) is 9.05 Å². The molecule has 0 aromatic carbocycles. The minimum Gasteiger partial charge on any atom is -0.756 e. The zero-order valence-electron chi connectivity index (χ0n) is 35.3. The van der Waals surface area contributed by atoms with E-state index in [1.54, 1.807) is 0 Å². The highest BCUT2D eigenvalue weighted by Crippen LogP contribution is 2.38. The van der Waals surface area contributed by atoms with E-state index >= 15 is 0 Å². The van der Waals surface area contributed by atoms with Gasteiger partial charge in [0.15, 0.2) is 0 Å². The summed E-state index contributed by atoms with van der Waals surface area (Å²) in [6.07, 6.45) is 38.2. The Morgan fingerprint density at radius 1 is 0.596 bits per heavy atom. The maximum Gasteiger partial charge on any atom is 0.268 e. The lowest BCUT2D eigenvalue weighted by Crippen LogP contribution is -2.46. The molecule has 52 heavy (non-hydrogen) atoms. The second kappa shape index (κ2) is 36.2. The van der Waals surface area contributed by atoms with Crippen molar-refractivity contribution in [2.45, 2.75) is 231 Å². The Hall–Kier alpha value is -0.500. The van der Waals surface area contributed by atoms with Gasteiger partial charge in [0, 0.05) is 6.42 Å². The van der Waals surface area contributed by atoms with Crippen molar-refractivity contribution in [1.82, 2.24) is 5.32 Å². The monoisotopic (exact) mass is 761 g/mol. The van der Waals surface area contributed by atoms with E-state index in [2.05, 4.69) is 19.2 Å². The van der Waals surface area contributed by atoms with Gasteiger partial charge in [0.05, 0.1) is 39.9 Å². The van der Waals surface area contributed by atoms with E-state index in [1.807, 2.05) is 21.1 Å². The van der Waals surface area contributed by atoms with Crippen molar-refractivity contribution < 1.29 is 32.9 Å². The zero-order chi connectivity index (χ0) is 38.6. The minimum absolute atomic E-state index is 0.0159. The summed E-state index contributed by atoms with van der Waals surface area (Å²) in [6.45, 7) is 4.73. The zero-order valence-corrected chi connectivity index (χ0v) is 36.2. The predicted molar refractivity (Wildman–Crippen MR) is 219 cm³/mol. The summed E-state index contributed by atoms with van der Waals surface area (Å²) >= 11 is 0. The predicted octanol–water partition coefficient (Wildman–Crippen LogP) is 11.6. The van der Waals surface area contributed by atoms with Crippen molar-refractivity contribution >= 4 is 13.7 Å². The number of unbranched alkanes of at least 4 members (excludes halogenated alkanes) is 28. The highest BCUT2D eigenvalue weighted by molar-refractivity contribution is 7.45. The molecule has 9 heteroatoms. The number of phosphoric acid groups is 1. The molecule has 0 rings (SSSR count). The second-order valence-electron chi connectivity index (χ2n) is 16.8. The molecule has 0 spiro atoms. The molecule has 0 aliphatic carbocycles. The highest BCUT2D eigenvalue weighted by atomic mass is 31.2. The minimum atomic E-state index is -4.55. The molecule has 0 saturated carbocycles. The molecular formula is C43H89N2O6P. The van der Waals surface area contributed by atoms with Crippen LogP contribution >= 0.6 is 7.82 Å². The van der Waals surface area contributed by atoms with Gasteiger partial charge in [-0.15, -0.1) is 0 Å². The third kappa shape index (κ3) is 37.8. The maximum absolute atomic E-state index is 12.8. The molecule has 3 unspecified atom stereocenters. The molecule has 0 fully saturated rings. The van der Waals surface area contributed by atoms with Gasteiger partial charge in [0.25, 0.3) is 7.82 Å². The van der Waals surface area contributed by atoms with Crippen LogP contribution in [0.2, 0.25) is 0 Å². The Bertz CT molecular complexity index is 824. The molecular weight excluding hydrogens is 671 g/mol. The van der Waals surface area contributed by atoms with Crippen LogP contribution in [0.25, 0.3) is 0 Å². The Balaban J connectivity index is 4.25. The van der Waals surface area contributed by atoms with Crippen molar-refractivity contribution in [3.8, 4) is 0 Å². The molecule has 2 N–H and O–H groups in total. The first-order chi connectivity index (χ1) is 25.0. The van der Waals surface area contributed by atoms with Gasteiger partial charge in [-0.2, -0.15) is 0 Å². The summed E-state index contributed by atoms with van der Waals surface area (Å²) in [5.74, 6) is -0.162. The lowest BCUT2D eigenvalue weighted by Gasteiger charge is -2.30. The smallest absolute Gasteiger partial charge is 0.268 e. The van der Waals surface area contributed by atoms with Crippen LogP contribution in [-0.2, 0) is 18.4 Å². The number of hydrogen-bond acceptors (Lipinski definition) is 6. The van der Waals surface area contributed by atoms with Gasteiger partial charge in [0.2, 0.25) is 5.91 Å². The Labute approximate surface area is 323 Å². The van der Waals surface area contributed by atoms with Crippen LogP contribution in [0.3, 0.4) is 0 Å². The molecule has 0 aromatic rings. The summed E-state index contributed by atoms with van der Waals surface area (Å²) in [4.78, 5) is 25.3. The molecule has 312 valence electrons. The average Bonchev–Trinajstić information content (AvgIpc) is 3.09.